The van der Waals surface area contributed by atoms with E-state index >= 15 is 0 Å². The second-order valence-corrected chi connectivity index (χ2v) is 5.17. The number of carbonyl (C=O) groups is 1. The van der Waals surface area contributed by atoms with Crippen LogP contribution in [-0.4, -0.2) is 38.3 Å². The Morgan fingerprint density at radius 2 is 2.15 bits per heavy atom. The van der Waals surface area contributed by atoms with E-state index in [9.17, 15) is 4.79 Å². The highest BCUT2D eigenvalue weighted by molar-refractivity contribution is 5.81. The molecule has 2 heterocycles. The third kappa shape index (κ3) is 3.04. The molecular weight excluding hydrogens is 256 g/mol. The van der Waals surface area contributed by atoms with Crippen molar-refractivity contribution in [3.8, 4) is 11.5 Å². The van der Waals surface area contributed by atoms with E-state index in [2.05, 4.69) is 10.6 Å². The first kappa shape index (κ1) is 13.2. The molecule has 0 spiro atoms. The van der Waals surface area contributed by atoms with Crippen LogP contribution in [0.1, 0.15) is 18.4 Å². The molecule has 20 heavy (non-hydrogen) atoms. The molecule has 2 N–H and O–H groups in total. The van der Waals surface area contributed by atoms with Crippen molar-refractivity contribution in [2.24, 2.45) is 0 Å². The fourth-order valence-corrected chi connectivity index (χ4v) is 2.60. The molecule has 0 saturated carbocycles. The SMILES string of the molecule is O=C(NCCc1ccc2c(c1)OCCO2)[C@@H]1CCCN1. The minimum atomic E-state index is -0.00438. The molecule has 1 aromatic rings. The summed E-state index contributed by atoms with van der Waals surface area (Å²) in [6.45, 7) is 2.80. The molecule has 2 aliphatic heterocycles. The molecule has 3 rings (SSSR count). The second-order valence-electron chi connectivity index (χ2n) is 5.17. The average molecular weight is 276 g/mol. The number of carbonyl (C=O) groups excluding carboxylic acids is 1. The van der Waals surface area contributed by atoms with E-state index in [1.54, 1.807) is 0 Å². The normalized spacial score (nSPS) is 20.7. The van der Waals surface area contributed by atoms with Gasteiger partial charge >= 0.3 is 0 Å². The summed E-state index contributed by atoms with van der Waals surface area (Å²) in [6, 6.07) is 5.95. The lowest BCUT2D eigenvalue weighted by molar-refractivity contribution is -0.122. The standard InChI is InChI=1S/C15H20N2O3/c18-15(12-2-1-6-16-12)17-7-5-11-3-4-13-14(10-11)20-9-8-19-13/h3-4,10,12,16H,1-2,5-9H2,(H,17,18)/t12-/m0/s1. The fraction of sp³-hybridized carbons (Fsp3) is 0.533. The topological polar surface area (TPSA) is 59.6 Å². The van der Waals surface area contributed by atoms with E-state index in [1.807, 2.05) is 18.2 Å². The predicted octanol–water partition coefficient (Wildman–Crippen LogP) is 0.868. The van der Waals surface area contributed by atoms with Gasteiger partial charge in [-0.25, -0.2) is 0 Å². The smallest absolute Gasteiger partial charge is 0.237 e. The first-order valence-electron chi connectivity index (χ1n) is 7.22. The van der Waals surface area contributed by atoms with Gasteiger partial charge in [0.05, 0.1) is 6.04 Å². The molecule has 0 aliphatic carbocycles. The Balaban J connectivity index is 1.49. The molecule has 2 aliphatic rings. The van der Waals surface area contributed by atoms with Crippen LogP contribution in [0.25, 0.3) is 0 Å². The molecule has 0 radical (unpaired) electrons. The molecule has 5 heteroatoms. The van der Waals surface area contributed by atoms with Gasteiger partial charge in [-0.3, -0.25) is 4.79 Å². The summed E-state index contributed by atoms with van der Waals surface area (Å²) in [5.41, 5.74) is 1.15. The number of ether oxygens (including phenoxy) is 2. The van der Waals surface area contributed by atoms with Crippen molar-refractivity contribution < 1.29 is 14.3 Å². The molecule has 0 aromatic heterocycles. The second kappa shape index (κ2) is 6.13. The summed E-state index contributed by atoms with van der Waals surface area (Å²) < 4.78 is 11.0. The molecule has 1 fully saturated rings. The monoisotopic (exact) mass is 276 g/mol. The van der Waals surface area contributed by atoms with Crippen LogP contribution in [0.3, 0.4) is 0 Å². The van der Waals surface area contributed by atoms with Crippen molar-refractivity contribution in [1.82, 2.24) is 10.6 Å². The zero-order chi connectivity index (χ0) is 13.8. The summed E-state index contributed by atoms with van der Waals surface area (Å²) >= 11 is 0. The zero-order valence-electron chi connectivity index (χ0n) is 11.5. The Labute approximate surface area is 118 Å². The number of fused-ring (bicyclic) bond motifs is 1. The summed E-state index contributed by atoms with van der Waals surface area (Å²) in [7, 11) is 0. The van der Waals surface area contributed by atoms with E-state index in [0.29, 0.717) is 19.8 Å². The number of hydrogen-bond acceptors (Lipinski definition) is 4. The lowest BCUT2D eigenvalue weighted by atomic mass is 10.1. The van der Waals surface area contributed by atoms with Gasteiger partial charge in [-0.1, -0.05) is 6.07 Å². The number of benzene rings is 1. The third-order valence-corrected chi connectivity index (χ3v) is 3.70. The van der Waals surface area contributed by atoms with E-state index in [-0.39, 0.29) is 11.9 Å². The quantitative estimate of drug-likeness (QED) is 0.856. The van der Waals surface area contributed by atoms with Crippen LogP contribution in [0.5, 0.6) is 11.5 Å². The van der Waals surface area contributed by atoms with Gasteiger partial charge in [-0.15, -0.1) is 0 Å². The van der Waals surface area contributed by atoms with E-state index in [1.165, 1.54) is 0 Å². The Morgan fingerprint density at radius 1 is 1.30 bits per heavy atom. The maximum absolute atomic E-state index is 11.8. The van der Waals surface area contributed by atoms with Crippen LogP contribution in [0.4, 0.5) is 0 Å². The third-order valence-electron chi connectivity index (χ3n) is 3.70. The van der Waals surface area contributed by atoms with Crippen molar-refractivity contribution >= 4 is 5.91 Å². The van der Waals surface area contributed by atoms with Crippen LogP contribution in [0, 0.1) is 0 Å². The first-order valence-corrected chi connectivity index (χ1v) is 7.22. The molecule has 0 bridgehead atoms. The van der Waals surface area contributed by atoms with Gasteiger partial charge in [0.25, 0.3) is 0 Å². The van der Waals surface area contributed by atoms with Crippen LogP contribution in [0.15, 0.2) is 18.2 Å². The van der Waals surface area contributed by atoms with Crippen molar-refractivity contribution in [2.45, 2.75) is 25.3 Å². The van der Waals surface area contributed by atoms with Crippen LogP contribution in [0.2, 0.25) is 0 Å². The summed E-state index contributed by atoms with van der Waals surface area (Å²) in [5, 5.41) is 6.18. The Bertz CT molecular complexity index is 484. The molecule has 1 atom stereocenters. The molecule has 5 nitrogen and oxygen atoms in total. The molecule has 0 unspecified atom stereocenters. The molecule has 1 aromatic carbocycles. The number of nitrogens with one attached hydrogen (secondary N) is 2. The predicted molar refractivity (Wildman–Crippen MR) is 75.2 cm³/mol. The number of rotatable bonds is 4. The highest BCUT2D eigenvalue weighted by Gasteiger charge is 2.21. The Morgan fingerprint density at radius 3 is 2.95 bits per heavy atom. The van der Waals surface area contributed by atoms with Gasteiger partial charge in [0.15, 0.2) is 11.5 Å². The van der Waals surface area contributed by atoms with Gasteiger partial charge in [-0.2, -0.15) is 0 Å². The minimum Gasteiger partial charge on any atom is -0.486 e. The van der Waals surface area contributed by atoms with Gasteiger partial charge in [0.2, 0.25) is 5.91 Å². The zero-order valence-corrected chi connectivity index (χ0v) is 11.5. The maximum atomic E-state index is 11.8. The molecular formula is C15H20N2O3. The van der Waals surface area contributed by atoms with Crippen molar-refractivity contribution in [3.63, 3.8) is 0 Å². The average Bonchev–Trinajstić information content (AvgIpc) is 3.01. The minimum absolute atomic E-state index is 0.00438. The lowest BCUT2D eigenvalue weighted by Gasteiger charge is -2.19. The van der Waals surface area contributed by atoms with Gasteiger partial charge in [0.1, 0.15) is 13.2 Å². The molecule has 1 amide bonds. The van der Waals surface area contributed by atoms with Crippen molar-refractivity contribution in [2.75, 3.05) is 26.3 Å². The van der Waals surface area contributed by atoms with Gasteiger partial charge < -0.3 is 20.1 Å². The first-order chi connectivity index (χ1) is 9.83. The lowest BCUT2D eigenvalue weighted by Crippen LogP contribution is -2.41. The Kier molecular flexibility index (Phi) is 4.06. The summed E-state index contributed by atoms with van der Waals surface area (Å²) in [6.07, 6.45) is 2.82. The van der Waals surface area contributed by atoms with Gasteiger partial charge in [-0.05, 0) is 43.5 Å². The van der Waals surface area contributed by atoms with Gasteiger partial charge in [0, 0.05) is 6.54 Å². The highest BCUT2D eigenvalue weighted by Crippen LogP contribution is 2.30. The number of hydrogen-bond donors (Lipinski definition) is 2. The number of amides is 1. The van der Waals surface area contributed by atoms with Crippen molar-refractivity contribution in [3.05, 3.63) is 23.8 Å². The van der Waals surface area contributed by atoms with E-state index in [4.69, 9.17) is 9.47 Å². The summed E-state index contributed by atoms with van der Waals surface area (Å²) in [5.74, 6) is 1.72. The van der Waals surface area contributed by atoms with Crippen LogP contribution >= 0.6 is 0 Å². The van der Waals surface area contributed by atoms with E-state index in [0.717, 1.165) is 42.9 Å². The van der Waals surface area contributed by atoms with Crippen LogP contribution < -0.4 is 20.1 Å². The fourth-order valence-electron chi connectivity index (χ4n) is 2.60. The highest BCUT2D eigenvalue weighted by atomic mass is 16.6. The van der Waals surface area contributed by atoms with Crippen molar-refractivity contribution in [1.29, 1.82) is 0 Å². The van der Waals surface area contributed by atoms with Crippen LogP contribution in [-0.2, 0) is 11.2 Å². The summed E-state index contributed by atoms with van der Waals surface area (Å²) in [4.78, 5) is 11.8. The Hall–Kier alpha value is -1.75. The maximum Gasteiger partial charge on any atom is 0.237 e. The molecule has 1 saturated heterocycles. The van der Waals surface area contributed by atoms with E-state index < -0.39 is 0 Å². The largest absolute Gasteiger partial charge is 0.486 e. The molecule has 108 valence electrons.